The highest BCUT2D eigenvalue weighted by Gasteiger charge is 2.14. The summed E-state index contributed by atoms with van der Waals surface area (Å²) in [7, 11) is 1.69. The summed E-state index contributed by atoms with van der Waals surface area (Å²) in [4.78, 5) is 6.31. The second-order valence-corrected chi connectivity index (χ2v) is 4.33. The highest BCUT2D eigenvalue weighted by molar-refractivity contribution is 5.77. The third-order valence-corrected chi connectivity index (χ3v) is 3.18. The van der Waals surface area contributed by atoms with Crippen LogP contribution < -0.4 is 11.1 Å². The normalized spacial score (nSPS) is 16.6. The molecule has 1 aliphatic rings. The van der Waals surface area contributed by atoms with Crippen molar-refractivity contribution in [1.29, 1.82) is 0 Å². The van der Waals surface area contributed by atoms with Crippen molar-refractivity contribution in [3.8, 4) is 0 Å². The molecule has 0 unspecified atom stereocenters. The fourth-order valence-corrected chi connectivity index (χ4v) is 2.17. The van der Waals surface area contributed by atoms with Gasteiger partial charge in [-0.2, -0.15) is 0 Å². The van der Waals surface area contributed by atoms with Gasteiger partial charge in [0.2, 0.25) is 0 Å². The lowest BCUT2D eigenvalue weighted by molar-refractivity contribution is 0.258. The van der Waals surface area contributed by atoms with E-state index in [1.165, 1.54) is 11.1 Å². The summed E-state index contributed by atoms with van der Waals surface area (Å²) in [5.41, 5.74) is 8.53. The van der Waals surface area contributed by atoms with Crippen LogP contribution >= 0.6 is 0 Å². The van der Waals surface area contributed by atoms with Crippen LogP contribution in [0.15, 0.2) is 29.3 Å². The summed E-state index contributed by atoms with van der Waals surface area (Å²) < 4.78 is 0. The molecule has 0 radical (unpaired) electrons. The highest BCUT2D eigenvalue weighted by Crippen LogP contribution is 2.17. The molecule has 0 bridgehead atoms. The molecule has 17 heavy (non-hydrogen) atoms. The van der Waals surface area contributed by atoms with Gasteiger partial charge in [0.1, 0.15) is 0 Å². The zero-order chi connectivity index (χ0) is 12.1. The van der Waals surface area contributed by atoms with Crippen LogP contribution in [0, 0.1) is 0 Å². The summed E-state index contributed by atoms with van der Waals surface area (Å²) in [5, 5.41) is 3.09. The summed E-state index contributed by atoms with van der Waals surface area (Å²) in [6, 6.07) is 8.68. The largest absolute Gasteiger partial charge is 0.370 e. The van der Waals surface area contributed by atoms with E-state index < -0.39 is 0 Å². The van der Waals surface area contributed by atoms with E-state index in [-0.39, 0.29) is 0 Å². The highest BCUT2D eigenvalue weighted by atomic mass is 15.2. The second kappa shape index (κ2) is 5.68. The fourth-order valence-electron chi connectivity index (χ4n) is 2.17. The molecule has 1 aliphatic heterocycles. The average molecular weight is 232 g/mol. The second-order valence-electron chi connectivity index (χ2n) is 4.33. The van der Waals surface area contributed by atoms with E-state index in [2.05, 4.69) is 39.5 Å². The standard InChI is InChI=1S/C13H20N4/c1-15-13(14)16-7-9-17-8-6-11-4-2-3-5-12(11)10-17/h2-5H,6-10H2,1H3,(H3,14,15,16). The van der Waals surface area contributed by atoms with Gasteiger partial charge in [0.05, 0.1) is 0 Å². The molecular weight excluding hydrogens is 212 g/mol. The minimum Gasteiger partial charge on any atom is -0.370 e. The van der Waals surface area contributed by atoms with Crippen molar-refractivity contribution in [2.24, 2.45) is 10.7 Å². The van der Waals surface area contributed by atoms with E-state index >= 15 is 0 Å². The Labute approximate surface area is 103 Å². The predicted octanol–water partition coefficient (Wildman–Crippen LogP) is 0.579. The van der Waals surface area contributed by atoms with Crippen LogP contribution in [0.4, 0.5) is 0 Å². The maximum atomic E-state index is 5.59. The van der Waals surface area contributed by atoms with Crippen molar-refractivity contribution in [1.82, 2.24) is 10.2 Å². The number of nitrogens with zero attached hydrogens (tertiary/aromatic N) is 2. The lowest BCUT2D eigenvalue weighted by atomic mass is 10.00. The van der Waals surface area contributed by atoms with Crippen molar-refractivity contribution < 1.29 is 0 Å². The number of hydrogen-bond acceptors (Lipinski definition) is 2. The minimum absolute atomic E-state index is 0.516. The van der Waals surface area contributed by atoms with Crippen molar-refractivity contribution in [2.75, 3.05) is 26.7 Å². The third-order valence-electron chi connectivity index (χ3n) is 3.18. The molecule has 92 valence electrons. The summed E-state index contributed by atoms with van der Waals surface area (Å²) >= 11 is 0. The van der Waals surface area contributed by atoms with Crippen LogP contribution in [0.25, 0.3) is 0 Å². The number of nitrogens with one attached hydrogen (secondary N) is 1. The molecule has 0 fully saturated rings. The van der Waals surface area contributed by atoms with Crippen LogP contribution in [0.1, 0.15) is 11.1 Å². The Balaban J connectivity index is 1.82. The zero-order valence-corrected chi connectivity index (χ0v) is 10.3. The first-order valence-corrected chi connectivity index (χ1v) is 6.05. The molecule has 0 saturated heterocycles. The lowest BCUT2D eigenvalue weighted by Gasteiger charge is -2.28. The van der Waals surface area contributed by atoms with E-state index in [1.807, 2.05) is 0 Å². The van der Waals surface area contributed by atoms with E-state index in [0.29, 0.717) is 5.96 Å². The zero-order valence-electron chi connectivity index (χ0n) is 10.3. The third kappa shape index (κ3) is 3.20. The molecule has 0 aromatic heterocycles. The Bertz CT molecular complexity index is 400. The molecule has 0 atom stereocenters. The van der Waals surface area contributed by atoms with Gasteiger partial charge >= 0.3 is 0 Å². The molecule has 2 rings (SSSR count). The number of benzene rings is 1. The first-order valence-electron chi connectivity index (χ1n) is 6.05. The number of hydrogen-bond donors (Lipinski definition) is 2. The van der Waals surface area contributed by atoms with Crippen molar-refractivity contribution >= 4 is 5.96 Å². The van der Waals surface area contributed by atoms with Crippen molar-refractivity contribution in [3.63, 3.8) is 0 Å². The van der Waals surface area contributed by atoms with Crippen LogP contribution in [0.5, 0.6) is 0 Å². The van der Waals surface area contributed by atoms with Gasteiger partial charge in [-0.25, -0.2) is 0 Å². The molecule has 4 heteroatoms. The Morgan fingerprint density at radius 1 is 1.41 bits per heavy atom. The fraction of sp³-hybridized carbons (Fsp3) is 0.462. The molecular formula is C13H20N4. The molecule has 3 N–H and O–H groups in total. The van der Waals surface area contributed by atoms with Gasteiger partial charge in [-0.1, -0.05) is 24.3 Å². The number of fused-ring (bicyclic) bond motifs is 1. The van der Waals surface area contributed by atoms with E-state index in [9.17, 15) is 0 Å². The molecule has 0 aliphatic carbocycles. The molecule has 0 saturated carbocycles. The first kappa shape index (κ1) is 11.9. The van der Waals surface area contributed by atoms with E-state index in [0.717, 1.165) is 32.6 Å². The van der Waals surface area contributed by atoms with Gasteiger partial charge in [-0.3, -0.25) is 9.89 Å². The summed E-state index contributed by atoms with van der Waals surface area (Å²) in [5.74, 6) is 0.516. The number of aliphatic imine (C=N–C) groups is 1. The van der Waals surface area contributed by atoms with Gasteiger partial charge in [-0.05, 0) is 17.5 Å². The topological polar surface area (TPSA) is 53.6 Å². The van der Waals surface area contributed by atoms with Crippen LogP contribution in [-0.2, 0) is 13.0 Å². The van der Waals surface area contributed by atoms with E-state index in [4.69, 9.17) is 5.73 Å². The van der Waals surface area contributed by atoms with E-state index in [1.54, 1.807) is 7.05 Å². The molecule has 4 nitrogen and oxygen atoms in total. The van der Waals surface area contributed by atoms with Gasteiger partial charge in [-0.15, -0.1) is 0 Å². The van der Waals surface area contributed by atoms with Crippen molar-refractivity contribution in [3.05, 3.63) is 35.4 Å². The average Bonchev–Trinajstić information content (AvgIpc) is 2.38. The smallest absolute Gasteiger partial charge is 0.188 e. The lowest BCUT2D eigenvalue weighted by Crippen LogP contribution is -2.40. The first-order chi connectivity index (χ1) is 8.29. The SMILES string of the molecule is CN=C(N)NCCN1CCc2ccccc2C1. The Hall–Kier alpha value is -1.55. The van der Waals surface area contributed by atoms with Gasteiger partial charge in [0.25, 0.3) is 0 Å². The van der Waals surface area contributed by atoms with Crippen molar-refractivity contribution in [2.45, 2.75) is 13.0 Å². The number of guanidine groups is 1. The minimum atomic E-state index is 0.516. The maximum Gasteiger partial charge on any atom is 0.188 e. The summed E-state index contributed by atoms with van der Waals surface area (Å²) in [6.07, 6.45) is 1.15. The van der Waals surface area contributed by atoms with Crippen LogP contribution in [0.2, 0.25) is 0 Å². The monoisotopic (exact) mass is 232 g/mol. The molecule has 0 amide bonds. The predicted molar refractivity (Wildman–Crippen MR) is 71.0 cm³/mol. The number of nitrogens with two attached hydrogens (primary N) is 1. The molecule has 0 spiro atoms. The molecule has 1 aromatic carbocycles. The Kier molecular flexibility index (Phi) is 3.98. The Morgan fingerprint density at radius 3 is 2.94 bits per heavy atom. The van der Waals surface area contributed by atoms with Crippen LogP contribution in [-0.4, -0.2) is 37.5 Å². The molecule has 1 aromatic rings. The van der Waals surface area contributed by atoms with Gasteiger partial charge < -0.3 is 11.1 Å². The number of rotatable bonds is 3. The summed E-state index contributed by atoms with van der Waals surface area (Å²) in [6.45, 7) is 4.03. The maximum absolute atomic E-state index is 5.59. The molecule has 1 heterocycles. The quantitative estimate of drug-likeness (QED) is 0.592. The Morgan fingerprint density at radius 2 is 2.18 bits per heavy atom. The van der Waals surface area contributed by atoms with Gasteiger partial charge in [0.15, 0.2) is 5.96 Å². The van der Waals surface area contributed by atoms with Crippen LogP contribution in [0.3, 0.4) is 0 Å². The van der Waals surface area contributed by atoms with Gasteiger partial charge in [0, 0.05) is 33.2 Å².